The van der Waals surface area contributed by atoms with E-state index >= 15 is 0 Å². The van der Waals surface area contributed by atoms with Crippen molar-refractivity contribution < 1.29 is 33.3 Å². The number of nitrogens with one attached hydrogen (secondary N) is 1. The van der Waals surface area contributed by atoms with Crippen molar-refractivity contribution in [3.63, 3.8) is 0 Å². The van der Waals surface area contributed by atoms with Crippen LogP contribution in [0.25, 0.3) is 11.2 Å². The Hall–Kier alpha value is -2.60. The Morgan fingerprint density at radius 1 is 1.28 bits per heavy atom. The molecule has 0 saturated carbocycles. The second kappa shape index (κ2) is 10.3. The number of hydrogen-bond acceptors (Lipinski definition) is 10. The van der Waals surface area contributed by atoms with Crippen molar-refractivity contribution >= 4 is 36.4 Å². The molecular weight excluding hydrogens is 443 g/mol. The molecule has 0 aromatic carbocycles. The molecule has 14 heteroatoms. The Morgan fingerprint density at radius 3 is 2.59 bits per heavy atom. The number of nitrogens with two attached hydrogens (primary N) is 1. The summed E-state index contributed by atoms with van der Waals surface area (Å²) >= 11 is 0. The lowest BCUT2D eigenvalue weighted by Gasteiger charge is -2.28. The van der Waals surface area contributed by atoms with Gasteiger partial charge in [-0.25, -0.2) is 24.8 Å². The van der Waals surface area contributed by atoms with Crippen molar-refractivity contribution in [3.05, 3.63) is 12.7 Å². The van der Waals surface area contributed by atoms with Gasteiger partial charge in [0.25, 0.3) is 7.52 Å². The Kier molecular flexibility index (Phi) is 8.29. The topological polar surface area (TPSA) is 181 Å². The molecule has 0 bridgehead atoms. The highest BCUT2D eigenvalue weighted by Gasteiger charge is 2.38. The highest BCUT2D eigenvalue weighted by atomic mass is 31.2. The number of ether oxygens (including phenoxy) is 2. The summed E-state index contributed by atoms with van der Waals surface area (Å²) in [5.74, 6) is -1.74. The molecule has 2 heterocycles. The van der Waals surface area contributed by atoms with Gasteiger partial charge in [-0.3, -0.25) is 9.36 Å². The number of carboxylic acids is 1. The van der Waals surface area contributed by atoms with E-state index in [4.69, 9.17) is 19.7 Å². The van der Waals surface area contributed by atoms with Gasteiger partial charge in [0.05, 0.1) is 25.1 Å². The Morgan fingerprint density at radius 2 is 1.97 bits per heavy atom. The van der Waals surface area contributed by atoms with Crippen LogP contribution in [-0.2, 0) is 34.7 Å². The molecule has 1 unspecified atom stereocenters. The first-order valence-electron chi connectivity index (χ1n) is 9.82. The second-order valence-corrected chi connectivity index (χ2v) is 10.0. The number of fused-ring (bicyclic) bond motifs is 1. The van der Waals surface area contributed by atoms with Crippen molar-refractivity contribution in [2.75, 3.05) is 18.7 Å². The van der Waals surface area contributed by atoms with Crippen LogP contribution in [0.2, 0.25) is 0 Å². The Balaban J connectivity index is 2.08. The molecule has 0 aliphatic carbocycles. The number of nitrogens with zero attached hydrogens (tertiary/aromatic N) is 4. The van der Waals surface area contributed by atoms with E-state index in [2.05, 4.69) is 20.0 Å². The minimum Gasteiger partial charge on any atom is -0.480 e. The van der Waals surface area contributed by atoms with Gasteiger partial charge in [-0.1, -0.05) is 0 Å². The van der Waals surface area contributed by atoms with E-state index in [9.17, 15) is 19.3 Å². The van der Waals surface area contributed by atoms with Crippen molar-refractivity contribution in [1.29, 1.82) is 0 Å². The Labute approximate surface area is 185 Å². The van der Waals surface area contributed by atoms with Crippen LogP contribution >= 0.6 is 7.52 Å². The minimum absolute atomic E-state index is 0.244. The maximum Gasteiger partial charge on any atom is 0.332 e. The summed E-state index contributed by atoms with van der Waals surface area (Å²) in [6.45, 7) is 7.34. The van der Waals surface area contributed by atoms with Gasteiger partial charge in [0.1, 0.15) is 23.7 Å². The van der Waals surface area contributed by atoms with Gasteiger partial charge in [0.15, 0.2) is 18.1 Å². The van der Waals surface area contributed by atoms with Crippen LogP contribution in [0.15, 0.2) is 12.7 Å². The number of carbonyl (C=O) groups excluding carboxylic acids is 1. The zero-order chi connectivity index (χ0) is 24.1. The molecule has 32 heavy (non-hydrogen) atoms. The molecule has 2 rings (SSSR count). The fourth-order valence-corrected chi connectivity index (χ4v) is 4.53. The first kappa shape index (κ1) is 25.7. The quantitative estimate of drug-likeness (QED) is 0.299. The lowest BCUT2D eigenvalue weighted by Crippen LogP contribution is -2.46. The summed E-state index contributed by atoms with van der Waals surface area (Å²) in [6.07, 6.45) is 1.48. The fraction of sp³-hybridized carbons (Fsp3) is 0.611. The minimum atomic E-state index is -3.92. The average molecular weight is 472 g/mol. The maximum atomic E-state index is 13.3. The van der Waals surface area contributed by atoms with Gasteiger partial charge in [-0.05, 0) is 34.6 Å². The van der Waals surface area contributed by atoms with Crippen LogP contribution in [0.5, 0.6) is 0 Å². The van der Waals surface area contributed by atoms with E-state index < -0.39 is 44.1 Å². The third kappa shape index (κ3) is 6.95. The van der Waals surface area contributed by atoms with E-state index in [0.717, 1.165) is 0 Å². The number of hydrogen-bond donors (Lipinski definition) is 3. The number of carbonyl (C=O) groups is 2. The highest BCUT2D eigenvalue weighted by Crippen LogP contribution is 2.45. The number of rotatable bonds is 12. The summed E-state index contributed by atoms with van der Waals surface area (Å²) in [6, 6.07) is 0. The molecule has 13 nitrogen and oxygen atoms in total. The predicted octanol–water partition coefficient (Wildman–Crippen LogP) is 1.39. The third-order valence-electron chi connectivity index (χ3n) is 4.15. The SMILES string of the molecule is CC(C)OC(=O)COP(=O)(CO[C@@H](C)Cn1cnc2c(N)ncnc21)NC(C)(C)C(=O)O. The van der Waals surface area contributed by atoms with Crippen LogP contribution in [0.1, 0.15) is 34.6 Å². The molecule has 0 spiro atoms. The van der Waals surface area contributed by atoms with Crippen molar-refractivity contribution in [2.45, 2.75) is 58.9 Å². The molecule has 2 atom stereocenters. The lowest BCUT2D eigenvalue weighted by atomic mass is 10.1. The second-order valence-electron chi connectivity index (χ2n) is 7.96. The Bertz CT molecular complexity index is 1010. The first-order valence-corrected chi connectivity index (χ1v) is 11.6. The molecule has 178 valence electrons. The van der Waals surface area contributed by atoms with Gasteiger partial charge in [0.2, 0.25) is 0 Å². The van der Waals surface area contributed by atoms with Gasteiger partial charge in [-0.2, -0.15) is 0 Å². The molecule has 0 radical (unpaired) electrons. The van der Waals surface area contributed by atoms with Gasteiger partial charge in [0, 0.05) is 0 Å². The largest absolute Gasteiger partial charge is 0.480 e. The molecule has 2 aromatic heterocycles. The van der Waals surface area contributed by atoms with E-state index in [0.29, 0.717) is 11.2 Å². The van der Waals surface area contributed by atoms with Crippen molar-refractivity contribution in [2.24, 2.45) is 0 Å². The van der Waals surface area contributed by atoms with Crippen LogP contribution in [0.4, 0.5) is 5.82 Å². The molecule has 0 saturated heterocycles. The monoisotopic (exact) mass is 472 g/mol. The zero-order valence-corrected chi connectivity index (χ0v) is 19.5. The molecule has 0 aliphatic rings. The third-order valence-corrected chi connectivity index (χ3v) is 6.09. The number of aromatic nitrogens is 4. The number of carboxylic acid groups (broad SMARTS) is 1. The van der Waals surface area contributed by atoms with Crippen LogP contribution in [0.3, 0.4) is 0 Å². The van der Waals surface area contributed by atoms with E-state index in [1.807, 2.05) is 0 Å². The predicted molar refractivity (Wildman–Crippen MR) is 115 cm³/mol. The van der Waals surface area contributed by atoms with Gasteiger partial charge in [-0.15, -0.1) is 0 Å². The van der Waals surface area contributed by atoms with E-state index in [-0.39, 0.29) is 18.5 Å². The standard InChI is InChI=1S/C18H29N6O7P/c1-11(2)31-13(25)7-30-32(28,23-18(4,5)17(26)27)10-29-12(3)6-24-9-22-14-15(19)20-8-21-16(14)24/h8-9,11-12H,6-7,10H2,1-5H3,(H,23,28)(H,26,27)(H2,19,20,21)/t12-,32?/m0/s1. The number of anilines is 1. The first-order chi connectivity index (χ1) is 14.8. The summed E-state index contributed by atoms with van der Waals surface area (Å²) < 4.78 is 30.9. The summed E-state index contributed by atoms with van der Waals surface area (Å²) in [5, 5.41) is 11.8. The van der Waals surface area contributed by atoms with Crippen molar-refractivity contribution in [3.8, 4) is 0 Å². The van der Waals surface area contributed by atoms with E-state index in [1.54, 1.807) is 25.3 Å². The van der Waals surface area contributed by atoms with Gasteiger partial charge < -0.3 is 29.4 Å². The van der Waals surface area contributed by atoms with Crippen LogP contribution < -0.4 is 10.8 Å². The molecular formula is C18H29N6O7P. The zero-order valence-electron chi connectivity index (χ0n) is 18.6. The normalized spacial score (nSPS) is 14.9. The van der Waals surface area contributed by atoms with E-state index in [1.165, 1.54) is 26.5 Å². The molecule has 0 fully saturated rings. The number of nitrogen functional groups attached to an aromatic ring is 1. The molecule has 4 N–H and O–H groups in total. The van der Waals surface area contributed by atoms with Crippen LogP contribution in [0, 0.1) is 0 Å². The summed E-state index contributed by atoms with van der Waals surface area (Å²) in [7, 11) is -3.92. The molecule has 2 aromatic rings. The smallest absolute Gasteiger partial charge is 0.332 e. The van der Waals surface area contributed by atoms with Gasteiger partial charge >= 0.3 is 11.9 Å². The lowest BCUT2D eigenvalue weighted by molar-refractivity contribution is -0.149. The number of aliphatic carboxylic acids is 1. The maximum absolute atomic E-state index is 13.3. The average Bonchev–Trinajstić information content (AvgIpc) is 3.08. The molecule has 0 amide bonds. The summed E-state index contributed by atoms with van der Waals surface area (Å²) in [4.78, 5) is 35.5. The fourth-order valence-electron chi connectivity index (χ4n) is 2.62. The number of esters is 1. The number of imidazole rings is 1. The van der Waals surface area contributed by atoms with Crippen molar-refractivity contribution in [1.82, 2.24) is 24.6 Å². The summed E-state index contributed by atoms with van der Waals surface area (Å²) in [5.41, 5.74) is 5.14. The molecule has 0 aliphatic heterocycles. The highest BCUT2D eigenvalue weighted by molar-refractivity contribution is 7.56. The van der Waals surface area contributed by atoms with Crippen LogP contribution in [-0.4, -0.2) is 67.3 Å².